The van der Waals surface area contributed by atoms with E-state index in [0.29, 0.717) is 17.0 Å². The van der Waals surface area contributed by atoms with Gasteiger partial charge < -0.3 is 14.5 Å². The largest absolute Gasteiger partial charge is 0.481 e. The van der Waals surface area contributed by atoms with Crippen molar-refractivity contribution in [3.63, 3.8) is 0 Å². The van der Waals surface area contributed by atoms with Gasteiger partial charge in [-0.25, -0.2) is 4.79 Å². The van der Waals surface area contributed by atoms with E-state index in [-0.39, 0.29) is 5.91 Å². The van der Waals surface area contributed by atoms with Crippen molar-refractivity contribution in [3.8, 4) is 5.75 Å². The monoisotopic (exact) mass is 415 g/mol. The molecule has 0 saturated carbocycles. The minimum Gasteiger partial charge on any atom is -0.481 e. The Hall–Kier alpha value is -2.60. The average molecular weight is 416 g/mol. The second-order valence-corrected chi connectivity index (χ2v) is 6.77. The fraction of sp³-hybridized carbons (Fsp3) is 0.200. The van der Waals surface area contributed by atoms with Crippen molar-refractivity contribution < 1.29 is 13.9 Å². The van der Waals surface area contributed by atoms with Crippen LogP contribution in [-0.4, -0.2) is 12.0 Å². The molecule has 5 nitrogen and oxygen atoms in total. The second-order valence-electron chi connectivity index (χ2n) is 5.86. The lowest BCUT2D eigenvalue weighted by Gasteiger charge is -2.15. The summed E-state index contributed by atoms with van der Waals surface area (Å²) < 4.78 is 11.9. The molecule has 1 heterocycles. The normalized spacial score (nSPS) is 12.0. The van der Waals surface area contributed by atoms with Gasteiger partial charge in [-0.3, -0.25) is 4.79 Å². The van der Waals surface area contributed by atoms with E-state index >= 15 is 0 Å². The number of anilines is 1. The van der Waals surface area contributed by atoms with E-state index in [1.807, 2.05) is 25.1 Å². The molecule has 0 spiro atoms. The standard InChI is InChI=1S/C20H18BrNO4/c1-3-13-10-19(23)26-18-11-16(8-9-17(13)18)25-12(2)20(24)22-15-6-4-14(21)5-7-15/h4-12H,3H2,1-2H3,(H,22,24)/t12-/m1/s1. The SMILES string of the molecule is CCc1cc(=O)oc2cc(O[C@H](C)C(=O)Nc3ccc(Br)cc3)ccc12. The van der Waals surface area contributed by atoms with E-state index in [9.17, 15) is 9.59 Å². The van der Waals surface area contributed by atoms with Crippen LogP contribution in [0.3, 0.4) is 0 Å². The summed E-state index contributed by atoms with van der Waals surface area (Å²) in [5, 5.41) is 3.66. The number of fused-ring (bicyclic) bond motifs is 1. The van der Waals surface area contributed by atoms with Crippen molar-refractivity contribution >= 4 is 38.5 Å². The van der Waals surface area contributed by atoms with Crippen molar-refractivity contribution in [3.05, 3.63) is 69.0 Å². The molecular weight excluding hydrogens is 398 g/mol. The van der Waals surface area contributed by atoms with Crippen LogP contribution in [0.2, 0.25) is 0 Å². The number of ether oxygens (including phenoxy) is 1. The highest BCUT2D eigenvalue weighted by Gasteiger charge is 2.16. The molecular formula is C20H18BrNO4. The van der Waals surface area contributed by atoms with Gasteiger partial charge in [-0.05, 0) is 55.3 Å². The van der Waals surface area contributed by atoms with Crippen LogP contribution in [0, 0.1) is 0 Å². The molecule has 0 aliphatic rings. The van der Waals surface area contributed by atoms with E-state index < -0.39 is 11.7 Å². The van der Waals surface area contributed by atoms with Crippen LogP contribution in [0.1, 0.15) is 19.4 Å². The first-order valence-electron chi connectivity index (χ1n) is 8.26. The van der Waals surface area contributed by atoms with E-state index in [2.05, 4.69) is 21.2 Å². The highest BCUT2D eigenvalue weighted by molar-refractivity contribution is 9.10. The van der Waals surface area contributed by atoms with E-state index in [4.69, 9.17) is 9.15 Å². The van der Waals surface area contributed by atoms with Crippen LogP contribution in [0.5, 0.6) is 5.75 Å². The maximum absolute atomic E-state index is 12.3. The number of hydrogen-bond donors (Lipinski definition) is 1. The Balaban J connectivity index is 1.76. The summed E-state index contributed by atoms with van der Waals surface area (Å²) in [5.74, 6) is 0.198. The van der Waals surface area contributed by atoms with E-state index in [1.165, 1.54) is 6.07 Å². The number of carbonyl (C=O) groups is 1. The molecule has 6 heteroatoms. The van der Waals surface area contributed by atoms with Crippen molar-refractivity contribution in [2.24, 2.45) is 0 Å². The van der Waals surface area contributed by atoms with Gasteiger partial charge in [0, 0.05) is 27.7 Å². The molecule has 0 aliphatic carbocycles. The third-order valence-electron chi connectivity index (χ3n) is 3.98. The Morgan fingerprint density at radius 2 is 1.92 bits per heavy atom. The number of amides is 1. The average Bonchev–Trinajstić information content (AvgIpc) is 2.62. The third kappa shape index (κ3) is 4.14. The summed E-state index contributed by atoms with van der Waals surface area (Å²) >= 11 is 3.35. The van der Waals surface area contributed by atoms with Gasteiger partial charge in [0.25, 0.3) is 5.91 Å². The summed E-state index contributed by atoms with van der Waals surface area (Å²) in [7, 11) is 0. The van der Waals surface area contributed by atoms with Gasteiger partial charge in [0.1, 0.15) is 11.3 Å². The molecule has 2 aromatic carbocycles. The number of hydrogen-bond acceptors (Lipinski definition) is 4. The molecule has 0 fully saturated rings. The zero-order chi connectivity index (χ0) is 18.7. The predicted molar refractivity (Wildman–Crippen MR) is 105 cm³/mol. The fourth-order valence-electron chi connectivity index (χ4n) is 2.61. The zero-order valence-electron chi connectivity index (χ0n) is 14.4. The molecule has 3 rings (SSSR count). The van der Waals surface area contributed by atoms with Gasteiger partial charge in [0.05, 0.1) is 0 Å². The fourth-order valence-corrected chi connectivity index (χ4v) is 2.88. The predicted octanol–water partition coefficient (Wildman–Crippen LogP) is 4.52. The number of nitrogens with one attached hydrogen (secondary N) is 1. The molecule has 0 bridgehead atoms. The molecule has 1 amide bonds. The number of halogens is 1. The van der Waals surface area contributed by atoms with Gasteiger partial charge in [-0.1, -0.05) is 22.9 Å². The summed E-state index contributed by atoms with van der Waals surface area (Å²) in [5.41, 5.74) is 1.66. The van der Waals surface area contributed by atoms with Crippen LogP contribution in [0.15, 0.2) is 62.2 Å². The van der Waals surface area contributed by atoms with Crippen molar-refractivity contribution in [2.45, 2.75) is 26.4 Å². The Bertz CT molecular complexity index is 995. The van der Waals surface area contributed by atoms with Crippen molar-refractivity contribution in [1.29, 1.82) is 0 Å². The molecule has 0 aliphatic heterocycles. The maximum Gasteiger partial charge on any atom is 0.336 e. The lowest BCUT2D eigenvalue weighted by atomic mass is 10.1. The Morgan fingerprint density at radius 3 is 2.62 bits per heavy atom. The summed E-state index contributed by atoms with van der Waals surface area (Å²) in [6, 6.07) is 14.0. The first kappa shape index (κ1) is 18.2. The van der Waals surface area contributed by atoms with Gasteiger partial charge in [0.2, 0.25) is 0 Å². The van der Waals surface area contributed by atoms with Gasteiger partial charge in [0.15, 0.2) is 6.10 Å². The summed E-state index contributed by atoms with van der Waals surface area (Å²) in [6.45, 7) is 3.64. The maximum atomic E-state index is 12.3. The first-order chi connectivity index (χ1) is 12.5. The highest BCUT2D eigenvalue weighted by atomic mass is 79.9. The summed E-state index contributed by atoms with van der Waals surface area (Å²) in [6.07, 6.45) is 0.0195. The summed E-state index contributed by atoms with van der Waals surface area (Å²) in [4.78, 5) is 24.0. The highest BCUT2D eigenvalue weighted by Crippen LogP contribution is 2.24. The van der Waals surface area contributed by atoms with Gasteiger partial charge in [-0.2, -0.15) is 0 Å². The molecule has 0 saturated heterocycles. The molecule has 1 N–H and O–H groups in total. The molecule has 26 heavy (non-hydrogen) atoms. The van der Waals surface area contributed by atoms with Crippen LogP contribution in [0.4, 0.5) is 5.69 Å². The topological polar surface area (TPSA) is 68.5 Å². The smallest absolute Gasteiger partial charge is 0.336 e. The Kier molecular flexibility index (Phi) is 5.42. The van der Waals surface area contributed by atoms with Crippen molar-refractivity contribution in [1.82, 2.24) is 0 Å². The molecule has 3 aromatic rings. The van der Waals surface area contributed by atoms with Gasteiger partial charge in [-0.15, -0.1) is 0 Å². The van der Waals surface area contributed by atoms with E-state index in [1.54, 1.807) is 31.2 Å². The number of carbonyl (C=O) groups excluding carboxylic acids is 1. The molecule has 134 valence electrons. The molecule has 1 aromatic heterocycles. The minimum atomic E-state index is -0.711. The third-order valence-corrected chi connectivity index (χ3v) is 4.51. The van der Waals surface area contributed by atoms with Crippen LogP contribution < -0.4 is 15.7 Å². The lowest BCUT2D eigenvalue weighted by molar-refractivity contribution is -0.122. The number of rotatable bonds is 5. The zero-order valence-corrected chi connectivity index (χ0v) is 16.0. The molecule has 0 unspecified atom stereocenters. The van der Waals surface area contributed by atoms with Crippen LogP contribution in [-0.2, 0) is 11.2 Å². The first-order valence-corrected chi connectivity index (χ1v) is 9.05. The minimum absolute atomic E-state index is 0.267. The lowest BCUT2D eigenvalue weighted by Crippen LogP contribution is -2.30. The quantitative estimate of drug-likeness (QED) is 0.621. The van der Waals surface area contributed by atoms with E-state index in [0.717, 1.165) is 21.8 Å². The molecule has 1 atom stereocenters. The van der Waals surface area contributed by atoms with Crippen molar-refractivity contribution in [2.75, 3.05) is 5.32 Å². The van der Waals surface area contributed by atoms with Crippen LogP contribution in [0.25, 0.3) is 11.0 Å². The van der Waals surface area contributed by atoms with Crippen LogP contribution >= 0.6 is 15.9 Å². The Morgan fingerprint density at radius 1 is 1.19 bits per heavy atom. The molecule has 0 radical (unpaired) electrons. The Labute approximate surface area is 159 Å². The second kappa shape index (κ2) is 7.74. The number of benzene rings is 2. The van der Waals surface area contributed by atoms with Gasteiger partial charge >= 0.3 is 5.63 Å². The number of aryl methyl sites for hydroxylation is 1.